The highest BCUT2D eigenvalue weighted by atomic mass is 16.5. The molecule has 1 unspecified atom stereocenters. The van der Waals surface area contributed by atoms with Gasteiger partial charge in [-0.1, -0.05) is 6.92 Å². The van der Waals surface area contributed by atoms with E-state index in [1.165, 1.54) is 5.56 Å². The van der Waals surface area contributed by atoms with Crippen molar-refractivity contribution in [2.45, 2.75) is 19.9 Å². The van der Waals surface area contributed by atoms with E-state index in [2.05, 4.69) is 24.1 Å². The third-order valence-electron chi connectivity index (χ3n) is 1.98. The molecule has 1 N–H and O–H groups in total. The van der Waals surface area contributed by atoms with Crippen molar-refractivity contribution in [2.24, 2.45) is 0 Å². The van der Waals surface area contributed by atoms with Gasteiger partial charge < -0.3 is 10.1 Å². The number of nitrogens with zero attached hydrogens (tertiary/aromatic N) is 1. The first kappa shape index (κ1) is 9.99. The maximum absolute atomic E-state index is 5.04. The molecular formula is C10H16N2O. The number of ether oxygens (including phenoxy) is 1. The summed E-state index contributed by atoms with van der Waals surface area (Å²) in [5.41, 5.74) is 1.20. The number of rotatable bonds is 4. The molecule has 0 spiro atoms. The molecule has 1 rings (SSSR count). The van der Waals surface area contributed by atoms with Crippen molar-refractivity contribution in [1.29, 1.82) is 0 Å². The molecule has 1 heterocycles. The second kappa shape index (κ2) is 4.82. The van der Waals surface area contributed by atoms with Gasteiger partial charge in [0.25, 0.3) is 0 Å². The van der Waals surface area contributed by atoms with Crippen LogP contribution in [0.3, 0.4) is 0 Å². The Balaban J connectivity index is 2.75. The first-order valence-electron chi connectivity index (χ1n) is 4.51. The predicted molar refractivity (Wildman–Crippen MR) is 52.9 cm³/mol. The van der Waals surface area contributed by atoms with Crippen LogP contribution in [0.4, 0.5) is 0 Å². The zero-order chi connectivity index (χ0) is 9.68. The summed E-state index contributed by atoms with van der Waals surface area (Å²) in [7, 11) is 1.63. The van der Waals surface area contributed by atoms with Crippen LogP contribution in [-0.4, -0.2) is 18.6 Å². The first-order valence-corrected chi connectivity index (χ1v) is 4.51. The minimum atomic E-state index is 0.349. The van der Waals surface area contributed by atoms with E-state index < -0.39 is 0 Å². The molecule has 0 aliphatic heterocycles. The fourth-order valence-corrected chi connectivity index (χ4v) is 1.23. The average molecular weight is 180 g/mol. The highest BCUT2D eigenvalue weighted by molar-refractivity contribution is 5.22. The van der Waals surface area contributed by atoms with Crippen LogP contribution in [-0.2, 0) is 0 Å². The minimum Gasteiger partial charge on any atom is -0.481 e. The van der Waals surface area contributed by atoms with E-state index in [0.29, 0.717) is 11.9 Å². The van der Waals surface area contributed by atoms with Crippen molar-refractivity contribution in [3.63, 3.8) is 0 Å². The van der Waals surface area contributed by atoms with E-state index in [4.69, 9.17) is 4.74 Å². The molecule has 1 atom stereocenters. The second-order valence-electron chi connectivity index (χ2n) is 2.91. The Labute approximate surface area is 79.1 Å². The van der Waals surface area contributed by atoms with Gasteiger partial charge in [0.2, 0.25) is 5.88 Å². The lowest BCUT2D eigenvalue weighted by molar-refractivity contribution is 0.396. The molecule has 0 aliphatic rings. The monoisotopic (exact) mass is 180 g/mol. The lowest BCUT2D eigenvalue weighted by Gasteiger charge is -2.12. The van der Waals surface area contributed by atoms with E-state index in [-0.39, 0.29) is 0 Å². The summed E-state index contributed by atoms with van der Waals surface area (Å²) in [6.45, 7) is 5.18. The summed E-state index contributed by atoms with van der Waals surface area (Å²) >= 11 is 0. The molecule has 3 heteroatoms. The van der Waals surface area contributed by atoms with Crippen LogP contribution in [0.2, 0.25) is 0 Å². The van der Waals surface area contributed by atoms with Crippen molar-refractivity contribution >= 4 is 0 Å². The Morgan fingerprint density at radius 3 is 3.00 bits per heavy atom. The van der Waals surface area contributed by atoms with Crippen LogP contribution in [0.15, 0.2) is 18.3 Å². The van der Waals surface area contributed by atoms with Crippen LogP contribution in [0.1, 0.15) is 25.5 Å². The van der Waals surface area contributed by atoms with Crippen molar-refractivity contribution in [2.75, 3.05) is 13.7 Å². The lowest BCUT2D eigenvalue weighted by atomic mass is 10.1. The number of methoxy groups -OCH3 is 1. The maximum atomic E-state index is 5.04. The van der Waals surface area contributed by atoms with Gasteiger partial charge in [0.05, 0.1) is 7.11 Å². The molecule has 0 aromatic carbocycles. The molecule has 1 aromatic rings. The van der Waals surface area contributed by atoms with Gasteiger partial charge in [0.1, 0.15) is 0 Å². The van der Waals surface area contributed by atoms with Gasteiger partial charge in [-0.05, 0) is 25.1 Å². The minimum absolute atomic E-state index is 0.349. The SMILES string of the molecule is CCNC(C)c1ccnc(OC)c1. The van der Waals surface area contributed by atoms with Crippen molar-refractivity contribution in [1.82, 2.24) is 10.3 Å². The molecule has 0 aliphatic carbocycles. The second-order valence-corrected chi connectivity index (χ2v) is 2.91. The van der Waals surface area contributed by atoms with Crippen LogP contribution in [0, 0.1) is 0 Å². The highest BCUT2D eigenvalue weighted by Gasteiger charge is 2.04. The molecule has 0 amide bonds. The summed E-state index contributed by atoms with van der Waals surface area (Å²) in [6.07, 6.45) is 1.77. The summed E-state index contributed by atoms with van der Waals surface area (Å²) in [5.74, 6) is 0.669. The summed E-state index contributed by atoms with van der Waals surface area (Å²) in [6, 6.07) is 4.30. The van der Waals surface area contributed by atoms with Crippen LogP contribution in [0.25, 0.3) is 0 Å². The van der Waals surface area contributed by atoms with Gasteiger partial charge in [-0.2, -0.15) is 0 Å². The van der Waals surface area contributed by atoms with Crippen molar-refractivity contribution < 1.29 is 4.74 Å². The predicted octanol–water partition coefficient (Wildman–Crippen LogP) is 1.76. The van der Waals surface area contributed by atoms with Gasteiger partial charge in [0, 0.05) is 18.3 Å². The van der Waals surface area contributed by atoms with Crippen molar-refractivity contribution in [3.8, 4) is 5.88 Å². The number of hydrogen-bond acceptors (Lipinski definition) is 3. The van der Waals surface area contributed by atoms with E-state index in [0.717, 1.165) is 6.54 Å². The smallest absolute Gasteiger partial charge is 0.213 e. The number of aromatic nitrogens is 1. The van der Waals surface area contributed by atoms with Gasteiger partial charge in [-0.15, -0.1) is 0 Å². The van der Waals surface area contributed by atoms with Gasteiger partial charge >= 0.3 is 0 Å². The van der Waals surface area contributed by atoms with Crippen LogP contribution >= 0.6 is 0 Å². The molecule has 1 aromatic heterocycles. The molecule has 13 heavy (non-hydrogen) atoms. The normalized spacial score (nSPS) is 12.5. The van der Waals surface area contributed by atoms with E-state index in [1.807, 2.05) is 12.1 Å². The zero-order valence-corrected chi connectivity index (χ0v) is 8.37. The molecule has 0 radical (unpaired) electrons. The Kier molecular flexibility index (Phi) is 3.71. The third-order valence-corrected chi connectivity index (χ3v) is 1.98. The lowest BCUT2D eigenvalue weighted by Crippen LogP contribution is -2.17. The maximum Gasteiger partial charge on any atom is 0.213 e. The topological polar surface area (TPSA) is 34.2 Å². The quantitative estimate of drug-likeness (QED) is 0.766. The van der Waals surface area contributed by atoms with Gasteiger partial charge in [0.15, 0.2) is 0 Å². The standard InChI is InChI=1S/C10H16N2O/c1-4-11-8(2)9-5-6-12-10(7-9)13-3/h5-8,11H,4H2,1-3H3. The summed E-state index contributed by atoms with van der Waals surface area (Å²) < 4.78 is 5.04. The fourth-order valence-electron chi connectivity index (χ4n) is 1.23. The number of hydrogen-bond donors (Lipinski definition) is 1. The van der Waals surface area contributed by atoms with Gasteiger partial charge in [-0.25, -0.2) is 4.98 Å². The molecule has 0 saturated carbocycles. The summed E-state index contributed by atoms with van der Waals surface area (Å²) in [5, 5.41) is 3.33. The molecule has 0 saturated heterocycles. The Morgan fingerprint density at radius 1 is 1.62 bits per heavy atom. The Bertz CT molecular complexity index is 263. The summed E-state index contributed by atoms with van der Waals surface area (Å²) in [4.78, 5) is 4.05. The number of pyridine rings is 1. The molecule has 0 bridgehead atoms. The van der Waals surface area contributed by atoms with E-state index >= 15 is 0 Å². The highest BCUT2D eigenvalue weighted by Crippen LogP contribution is 2.15. The first-order chi connectivity index (χ1) is 6.27. The number of nitrogens with one attached hydrogen (secondary N) is 1. The largest absolute Gasteiger partial charge is 0.481 e. The zero-order valence-electron chi connectivity index (χ0n) is 8.37. The molecule has 72 valence electrons. The molecule has 3 nitrogen and oxygen atoms in total. The average Bonchev–Trinajstić information content (AvgIpc) is 2.18. The fraction of sp³-hybridized carbons (Fsp3) is 0.500. The third kappa shape index (κ3) is 2.70. The van der Waals surface area contributed by atoms with Crippen molar-refractivity contribution in [3.05, 3.63) is 23.9 Å². The van der Waals surface area contributed by atoms with Crippen LogP contribution in [0.5, 0.6) is 5.88 Å². The molecule has 0 fully saturated rings. The van der Waals surface area contributed by atoms with E-state index in [1.54, 1.807) is 13.3 Å². The van der Waals surface area contributed by atoms with Crippen LogP contribution < -0.4 is 10.1 Å². The Hall–Kier alpha value is -1.09. The van der Waals surface area contributed by atoms with Gasteiger partial charge in [-0.3, -0.25) is 0 Å². The molecular weight excluding hydrogens is 164 g/mol. The Morgan fingerprint density at radius 2 is 2.38 bits per heavy atom. The van der Waals surface area contributed by atoms with E-state index in [9.17, 15) is 0 Å².